The van der Waals surface area contributed by atoms with Crippen LogP contribution in [0.1, 0.15) is 27.3 Å². The van der Waals surface area contributed by atoms with Crippen molar-refractivity contribution in [2.24, 2.45) is 0 Å². The zero-order valence-electron chi connectivity index (χ0n) is 11.8. The van der Waals surface area contributed by atoms with Crippen LogP contribution in [0.3, 0.4) is 0 Å². The van der Waals surface area contributed by atoms with Crippen LogP contribution in [0.5, 0.6) is 0 Å². The van der Waals surface area contributed by atoms with Crippen molar-refractivity contribution >= 4 is 16.1 Å². The van der Waals surface area contributed by atoms with Gasteiger partial charge in [-0.05, 0) is 37.6 Å². The highest BCUT2D eigenvalue weighted by atomic mass is 32.2. The number of carbonyl (C=O) groups is 1. The second kappa shape index (κ2) is 5.25. The highest BCUT2D eigenvalue weighted by Crippen LogP contribution is 2.17. The van der Waals surface area contributed by atoms with Gasteiger partial charge in [0.2, 0.25) is 0 Å². The monoisotopic (exact) mass is 291 g/mol. The van der Waals surface area contributed by atoms with Gasteiger partial charge in [-0.1, -0.05) is 12.1 Å². The number of carbonyl (C=O) groups excluding carboxylic acids is 1. The van der Waals surface area contributed by atoms with Crippen LogP contribution in [0.4, 0.5) is 0 Å². The smallest absolute Gasteiger partial charge is 0.175 e. The van der Waals surface area contributed by atoms with Gasteiger partial charge in [-0.2, -0.15) is 0 Å². The number of rotatable bonds is 4. The molecule has 1 heterocycles. The Bertz CT molecular complexity index is 740. The lowest BCUT2D eigenvalue weighted by atomic mass is 10.2. The summed E-state index contributed by atoms with van der Waals surface area (Å²) in [6.45, 7) is 4.47. The SMILES string of the molecule is Cc1cc(C=O)c(C)n1Cc1ccc(S(C)(=O)=O)cc1. The van der Waals surface area contributed by atoms with Crippen LogP contribution in [0.2, 0.25) is 0 Å². The van der Waals surface area contributed by atoms with Gasteiger partial charge in [-0.25, -0.2) is 8.42 Å². The average molecular weight is 291 g/mol. The first-order valence-corrected chi connectivity index (χ1v) is 8.13. The molecule has 0 aliphatic heterocycles. The van der Waals surface area contributed by atoms with Crippen LogP contribution < -0.4 is 0 Å². The summed E-state index contributed by atoms with van der Waals surface area (Å²) in [5.41, 5.74) is 3.62. The van der Waals surface area contributed by atoms with Crippen molar-refractivity contribution in [3.05, 3.63) is 52.8 Å². The van der Waals surface area contributed by atoms with Crippen LogP contribution in [0, 0.1) is 13.8 Å². The first-order chi connectivity index (χ1) is 9.32. The number of aromatic nitrogens is 1. The minimum Gasteiger partial charge on any atom is -0.344 e. The maximum absolute atomic E-state index is 11.4. The van der Waals surface area contributed by atoms with E-state index in [1.807, 2.05) is 24.5 Å². The molecule has 0 fully saturated rings. The van der Waals surface area contributed by atoms with Crippen LogP contribution in [0.25, 0.3) is 0 Å². The summed E-state index contributed by atoms with van der Waals surface area (Å²) in [6, 6.07) is 8.68. The van der Waals surface area contributed by atoms with Gasteiger partial charge in [0.25, 0.3) is 0 Å². The third-order valence-corrected chi connectivity index (χ3v) is 4.56. The molecule has 4 nitrogen and oxygen atoms in total. The van der Waals surface area contributed by atoms with Crippen molar-refractivity contribution < 1.29 is 13.2 Å². The summed E-state index contributed by atoms with van der Waals surface area (Å²) in [5.74, 6) is 0. The van der Waals surface area contributed by atoms with E-state index in [-0.39, 0.29) is 0 Å². The van der Waals surface area contributed by atoms with Gasteiger partial charge in [0.05, 0.1) is 4.90 Å². The summed E-state index contributed by atoms with van der Waals surface area (Å²) in [4.78, 5) is 11.2. The Morgan fingerprint density at radius 2 is 1.75 bits per heavy atom. The Morgan fingerprint density at radius 3 is 2.20 bits per heavy atom. The Morgan fingerprint density at radius 1 is 1.15 bits per heavy atom. The molecule has 0 N–H and O–H groups in total. The van der Waals surface area contributed by atoms with E-state index < -0.39 is 9.84 Å². The molecule has 0 saturated carbocycles. The molecule has 0 saturated heterocycles. The number of benzene rings is 1. The van der Waals surface area contributed by atoms with Crippen LogP contribution >= 0.6 is 0 Å². The summed E-state index contributed by atoms with van der Waals surface area (Å²) in [7, 11) is -3.16. The fourth-order valence-corrected chi connectivity index (χ4v) is 2.85. The Balaban J connectivity index is 2.31. The van der Waals surface area contributed by atoms with Crippen molar-refractivity contribution in [1.82, 2.24) is 4.57 Å². The molecule has 1 aromatic heterocycles. The first kappa shape index (κ1) is 14.5. The van der Waals surface area contributed by atoms with Gasteiger partial charge in [-0.15, -0.1) is 0 Å². The summed E-state index contributed by atoms with van der Waals surface area (Å²) >= 11 is 0. The molecule has 0 radical (unpaired) electrons. The molecule has 0 atom stereocenters. The van der Waals surface area contributed by atoms with E-state index in [0.29, 0.717) is 17.0 Å². The first-order valence-electron chi connectivity index (χ1n) is 6.24. The molecule has 0 amide bonds. The van der Waals surface area contributed by atoms with E-state index >= 15 is 0 Å². The van der Waals surface area contributed by atoms with Gasteiger partial charge in [0, 0.05) is 29.8 Å². The predicted molar refractivity (Wildman–Crippen MR) is 77.9 cm³/mol. The lowest BCUT2D eigenvalue weighted by Crippen LogP contribution is -2.05. The van der Waals surface area contributed by atoms with E-state index in [2.05, 4.69) is 0 Å². The van der Waals surface area contributed by atoms with E-state index in [1.54, 1.807) is 24.3 Å². The van der Waals surface area contributed by atoms with Crippen molar-refractivity contribution in [3.8, 4) is 0 Å². The predicted octanol–water partition coefficient (Wildman–Crippen LogP) is 2.37. The number of aryl methyl sites for hydroxylation is 1. The van der Waals surface area contributed by atoms with Crippen molar-refractivity contribution in [1.29, 1.82) is 0 Å². The molecule has 0 unspecified atom stereocenters. The second-order valence-electron chi connectivity index (χ2n) is 4.95. The molecule has 5 heteroatoms. The molecule has 0 aliphatic carbocycles. The number of hydrogen-bond acceptors (Lipinski definition) is 3. The molecule has 0 spiro atoms. The largest absolute Gasteiger partial charge is 0.344 e. The normalized spacial score (nSPS) is 11.6. The van der Waals surface area contributed by atoms with E-state index in [0.717, 1.165) is 23.2 Å². The quantitative estimate of drug-likeness (QED) is 0.813. The van der Waals surface area contributed by atoms with E-state index in [4.69, 9.17) is 0 Å². The van der Waals surface area contributed by atoms with Gasteiger partial charge in [-0.3, -0.25) is 4.79 Å². The lowest BCUT2D eigenvalue weighted by Gasteiger charge is -2.10. The molecule has 0 aliphatic rings. The van der Waals surface area contributed by atoms with Gasteiger partial charge in [0.15, 0.2) is 16.1 Å². The molecule has 2 rings (SSSR count). The third-order valence-electron chi connectivity index (χ3n) is 3.43. The van der Waals surface area contributed by atoms with Gasteiger partial charge in [0.1, 0.15) is 0 Å². The maximum atomic E-state index is 11.4. The molecule has 2 aromatic rings. The zero-order chi connectivity index (χ0) is 14.9. The number of sulfone groups is 1. The Kier molecular flexibility index (Phi) is 3.81. The lowest BCUT2D eigenvalue weighted by molar-refractivity contribution is 0.112. The summed E-state index contributed by atoms with van der Waals surface area (Å²) in [6.07, 6.45) is 2.05. The summed E-state index contributed by atoms with van der Waals surface area (Å²) < 4.78 is 24.9. The van der Waals surface area contributed by atoms with Gasteiger partial charge < -0.3 is 4.57 Å². The second-order valence-corrected chi connectivity index (χ2v) is 6.96. The van der Waals surface area contributed by atoms with Gasteiger partial charge >= 0.3 is 0 Å². The molecule has 0 bridgehead atoms. The standard InChI is InChI=1S/C15H17NO3S/c1-11-8-14(10-17)12(2)16(11)9-13-4-6-15(7-5-13)20(3,18)19/h4-8,10H,9H2,1-3H3. The van der Waals surface area contributed by atoms with Crippen molar-refractivity contribution in [2.45, 2.75) is 25.3 Å². The third kappa shape index (κ3) is 2.82. The van der Waals surface area contributed by atoms with E-state index in [9.17, 15) is 13.2 Å². The Hall–Kier alpha value is -1.88. The van der Waals surface area contributed by atoms with Crippen LogP contribution in [0.15, 0.2) is 35.2 Å². The topological polar surface area (TPSA) is 56.1 Å². The Labute approximate surface area is 119 Å². The highest BCUT2D eigenvalue weighted by molar-refractivity contribution is 7.90. The molecular formula is C15H17NO3S. The summed E-state index contributed by atoms with van der Waals surface area (Å²) in [5, 5.41) is 0. The van der Waals surface area contributed by atoms with Crippen LogP contribution in [-0.2, 0) is 16.4 Å². The minimum atomic E-state index is -3.16. The van der Waals surface area contributed by atoms with Crippen molar-refractivity contribution in [3.63, 3.8) is 0 Å². The maximum Gasteiger partial charge on any atom is 0.175 e. The minimum absolute atomic E-state index is 0.316. The average Bonchev–Trinajstić information content (AvgIpc) is 2.66. The van der Waals surface area contributed by atoms with Crippen LogP contribution in [-0.4, -0.2) is 25.5 Å². The highest BCUT2D eigenvalue weighted by Gasteiger charge is 2.10. The molecule has 1 aromatic carbocycles. The molecule has 20 heavy (non-hydrogen) atoms. The zero-order valence-corrected chi connectivity index (χ0v) is 12.6. The molecular weight excluding hydrogens is 274 g/mol. The number of nitrogens with zero attached hydrogens (tertiary/aromatic N) is 1. The number of hydrogen-bond donors (Lipinski definition) is 0. The fraction of sp³-hybridized carbons (Fsp3) is 0.267. The fourth-order valence-electron chi connectivity index (χ4n) is 2.21. The number of aldehydes is 1. The molecule has 106 valence electrons. The van der Waals surface area contributed by atoms with Crippen molar-refractivity contribution in [2.75, 3.05) is 6.26 Å². The van der Waals surface area contributed by atoms with E-state index in [1.165, 1.54) is 6.26 Å².